The summed E-state index contributed by atoms with van der Waals surface area (Å²) < 4.78 is 0. The fourth-order valence-corrected chi connectivity index (χ4v) is 1.54. The minimum absolute atomic E-state index is 0.218. The number of hydrogen-bond acceptors (Lipinski definition) is 0. The molecule has 0 rings (SSSR count). The predicted molar refractivity (Wildman–Crippen MR) is 68.3 cm³/mol. The molecule has 0 saturated heterocycles. The first-order chi connectivity index (χ1) is 6.11. The minimum Gasteiger partial charge on any atom is -0.121 e. The molecule has 0 N–H and O–H groups in total. The molecule has 0 heterocycles. The van der Waals surface area contributed by atoms with Gasteiger partial charge in [0.15, 0.2) is 0 Å². The lowest BCUT2D eigenvalue weighted by atomic mass is 9.97. The molecule has 0 saturated carbocycles. The fraction of sp³-hybridized carbons (Fsp3) is 0.800. The van der Waals surface area contributed by atoms with Crippen molar-refractivity contribution in [3.05, 3.63) is 12.7 Å². The Hall–Kier alpha value is 0.900. The number of hydrogen-bond donors (Lipinski definition) is 0. The minimum atomic E-state index is -0.642. The van der Waals surface area contributed by atoms with E-state index in [1.54, 1.807) is 6.08 Å². The molecule has 0 radical (unpaired) electrons. The molecule has 0 aliphatic heterocycles. The van der Waals surface area contributed by atoms with Gasteiger partial charge in [-0.1, -0.05) is 6.08 Å². The van der Waals surface area contributed by atoms with Crippen molar-refractivity contribution >= 4 is 46.4 Å². The van der Waals surface area contributed by atoms with Crippen molar-refractivity contribution < 1.29 is 0 Å². The molecule has 0 spiro atoms. The Balaban J connectivity index is 4.33. The molecule has 0 amide bonds. The second-order valence-electron chi connectivity index (χ2n) is 4.09. The highest BCUT2D eigenvalue weighted by Gasteiger charge is 2.34. The second-order valence-corrected chi connectivity index (χ2v) is 6.93. The lowest BCUT2D eigenvalue weighted by molar-refractivity contribution is 0.552. The number of alkyl halides is 4. The van der Waals surface area contributed by atoms with Crippen LogP contribution in [-0.2, 0) is 0 Å². The van der Waals surface area contributed by atoms with Crippen molar-refractivity contribution in [2.75, 3.05) is 0 Å². The summed E-state index contributed by atoms with van der Waals surface area (Å²) in [5, 5.41) is -0.494. The topological polar surface area (TPSA) is 0 Å². The van der Waals surface area contributed by atoms with E-state index in [0.717, 1.165) is 0 Å². The van der Waals surface area contributed by atoms with E-state index >= 15 is 0 Å². The first kappa shape index (κ1) is 14.9. The SMILES string of the molecule is C=C[C@](C)(Cl)[C@H](Cl)C[C@@H](Cl)C(C)(C)Cl. The van der Waals surface area contributed by atoms with Crippen LogP contribution in [0.1, 0.15) is 27.2 Å². The zero-order chi connectivity index (χ0) is 11.6. The highest BCUT2D eigenvalue weighted by atomic mass is 35.5. The third-order valence-corrected chi connectivity index (χ3v) is 4.43. The Kier molecular flexibility index (Phi) is 5.64. The summed E-state index contributed by atoms with van der Waals surface area (Å²) in [5.41, 5.74) is 0. The second kappa shape index (κ2) is 5.30. The lowest BCUT2D eigenvalue weighted by Crippen LogP contribution is -2.34. The van der Waals surface area contributed by atoms with Gasteiger partial charge in [0.25, 0.3) is 0 Å². The first-order valence-corrected chi connectivity index (χ1v) is 6.03. The van der Waals surface area contributed by atoms with E-state index in [1.807, 2.05) is 20.8 Å². The molecule has 0 fully saturated rings. The quantitative estimate of drug-likeness (QED) is 0.501. The Morgan fingerprint density at radius 3 is 1.86 bits per heavy atom. The largest absolute Gasteiger partial charge is 0.121 e. The van der Waals surface area contributed by atoms with Gasteiger partial charge in [0, 0.05) is 0 Å². The van der Waals surface area contributed by atoms with Crippen LogP contribution >= 0.6 is 46.4 Å². The summed E-state index contributed by atoms with van der Waals surface area (Å²) in [4.78, 5) is -1.13. The summed E-state index contributed by atoms with van der Waals surface area (Å²) in [7, 11) is 0. The van der Waals surface area contributed by atoms with Crippen molar-refractivity contribution in [1.29, 1.82) is 0 Å². The zero-order valence-corrected chi connectivity index (χ0v) is 11.7. The molecule has 0 nitrogen and oxygen atoms in total. The predicted octanol–water partition coefficient (Wildman–Crippen LogP) is 4.79. The molecular formula is C10H16Cl4. The van der Waals surface area contributed by atoms with Crippen LogP contribution in [0.5, 0.6) is 0 Å². The van der Waals surface area contributed by atoms with Crippen LogP contribution in [0.2, 0.25) is 0 Å². The van der Waals surface area contributed by atoms with Gasteiger partial charge in [0.05, 0.1) is 20.5 Å². The molecule has 3 atom stereocenters. The van der Waals surface area contributed by atoms with Crippen LogP contribution in [0.15, 0.2) is 12.7 Å². The molecule has 0 unspecified atom stereocenters. The summed E-state index contributed by atoms with van der Waals surface area (Å²) >= 11 is 24.4. The van der Waals surface area contributed by atoms with Gasteiger partial charge in [-0.25, -0.2) is 0 Å². The van der Waals surface area contributed by atoms with E-state index in [4.69, 9.17) is 46.4 Å². The third kappa shape index (κ3) is 4.61. The van der Waals surface area contributed by atoms with Crippen molar-refractivity contribution in [1.82, 2.24) is 0 Å². The number of allylic oxidation sites excluding steroid dienone is 1. The van der Waals surface area contributed by atoms with E-state index in [2.05, 4.69) is 6.58 Å². The van der Waals surface area contributed by atoms with Crippen molar-refractivity contribution in [3.63, 3.8) is 0 Å². The van der Waals surface area contributed by atoms with Gasteiger partial charge in [0.2, 0.25) is 0 Å². The maximum absolute atomic E-state index is 6.13. The van der Waals surface area contributed by atoms with Gasteiger partial charge in [-0.15, -0.1) is 53.0 Å². The van der Waals surface area contributed by atoms with E-state index < -0.39 is 9.75 Å². The fourth-order valence-electron chi connectivity index (χ4n) is 0.820. The average molecular weight is 278 g/mol. The first-order valence-electron chi connectivity index (χ1n) is 4.41. The van der Waals surface area contributed by atoms with Gasteiger partial charge in [-0.2, -0.15) is 0 Å². The smallest absolute Gasteiger partial charge is 0.0758 e. The number of halogens is 4. The normalized spacial score (nSPS) is 21.1. The average Bonchev–Trinajstić information content (AvgIpc) is 2.02. The highest BCUT2D eigenvalue weighted by Crippen LogP contribution is 2.34. The monoisotopic (exact) mass is 276 g/mol. The van der Waals surface area contributed by atoms with Crippen molar-refractivity contribution in [2.45, 2.75) is 47.7 Å². The van der Waals surface area contributed by atoms with Crippen LogP contribution in [-0.4, -0.2) is 20.5 Å². The van der Waals surface area contributed by atoms with E-state index in [-0.39, 0.29) is 10.8 Å². The molecule has 14 heavy (non-hydrogen) atoms. The molecule has 84 valence electrons. The molecule has 0 aliphatic rings. The molecular weight excluding hydrogens is 262 g/mol. The van der Waals surface area contributed by atoms with Gasteiger partial charge in [-0.3, -0.25) is 0 Å². The summed E-state index contributed by atoms with van der Waals surface area (Å²) in [6.07, 6.45) is 2.17. The molecule has 0 aromatic heterocycles. The van der Waals surface area contributed by atoms with Gasteiger partial charge >= 0.3 is 0 Å². The molecule has 0 aliphatic carbocycles. The molecule has 0 bridgehead atoms. The zero-order valence-electron chi connectivity index (χ0n) is 8.66. The van der Waals surface area contributed by atoms with Crippen LogP contribution in [0.25, 0.3) is 0 Å². The van der Waals surface area contributed by atoms with Gasteiger partial charge in [-0.05, 0) is 27.2 Å². The standard InChI is InChI=1S/C10H16Cl4/c1-5-10(4,14)8(12)6-7(11)9(2,3)13/h5,7-8H,1,6H2,2-4H3/t7-,8-,10+/m1/s1. The van der Waals surface area contributed by atoms with Gasteiger partial charge in [0.1, 0.15) is 0 Å². The Morgan fingerprint density at radius 2 is 1.57 bits per heavy atom. The van der Waals surface area contributed by atoms with Crippen LogP contribution in [0.3, 0.4) is 0 Å². The molecule has 0 aromatic carbocycles. The summed E-state index contributed by atoms with van der Waals surface area (Å²) in [6, 6.07) is 0. The van der Waals surface area contributed by atoms with E-state index in [1.165, 1.54) is 0 Å². The third-order valence-electron chi connectivity index (χ3n) is 2.17. The van der Waals surface area contributed by atoms with Crippen LogP contribution in [0, 0.1) is 0 Å². The number of rotatable bonds is 5. The summed E-state index contributed by atoms with van der Waals surface area (Å²) in [6.45, 7) is 9.15. The Labute approximate surface area is 107 Å². The summed E-state index contributed by atoms with van der Waals surface area (Å²) in [5.74, 6) is 0. The van der Waals surface area contributed by atoms with Crippen molar-refractivity contribution in [2.24, 2.45) is 0 Å². The highest BCUT2D eigenvalue weighted by molar-refractivity contribution is 6.35. The lowest BCUT2D eigenvalue weighted by Gasteiger charge is -2.29. The molecule has 4 heteroatoms. The van der Waals surface area contributed by atoms with Crippen molar-refractivity contribution in [3.8, 4) is 0 Å². The molecule has 0 aromatic rings. The van der Waals surface area contributed by atoms with Gasteiger partial charge < -0.3 is 0 Å². The Morgan fingerprint density at radius 1 is 1.14 bits per heavy atom. The van der Waals surface area contributed by atoms with Crippen LogP contribution < -0.4 is 0 Å². The maximum atomic E-state index is 6.13. The van der Waals surface area contributed by atoms with E-state index in [0.29, 0.717) is 6.42 Å². The Bertz CT molecular complexity index is 193. The van der Waals surface area contributed by atoms with E-state index in [9.17, 15) is 0 Å². The maximum Gasteiger partial charge on any atom is 0.0758 e. The van der Waals surface area contributed by atoms with Crippen LogP contribution in [0.4, 0.5) is 0 Å².